The average molecular weight is 474 g/mol. The molecule has 2 aromatic carbocycles. The molecule has 0 atom stereocenters. The van der Waals surface area contributed by atoms with Gasteiger partial charge >= 0.3 is 0 Å². The van der Waals surface area contributed by atoms with Crippen molar-refractivity contribution >= 4 is 40.0 Å². The minimum absolute atomic E-state index is 0. The first-order valence-corrected chi connectivity index (χ1v) is 9.04. The number of hydrogen-bond donors (Lipinski definition) is 3. The Hall–Kier alpha value is -1.65. The van der Waals surface area contributed by atoms with Gasteiger partial charge in [0.25, 0.3) is 0 Å². The van der Waals surface area contributed by atoms with Gasteiger partial charge in [0.05, 0.1) is 4.90 Å². The first kappa shape index (κ1) is 21.4. The maximum absolute atomic E-state index is 11.7. The predicted octanol–water partition coefficient (Wildman–Crippen LogP) is 2.08. The van der Waals surface area contributed by atoms with Gasteiger partial charge in [0, 0.05) is 20.1 Å². The van der Waals surface area contributed by atoms with E-state index in [1.165, 1.54) is 12.6 Å². The normalized spacial score (nSPS) is 11.5. The SMILES string of the molecule is CN=C(NCc1ccccc1)NCc1ccc(S(=O)(=O)NC)cc1.I. The van der Waals surface area contributed by atoms with E-state index in [-0.39, 0.29) is 28.9 Å². The van der Waals surface area contributed by atoms with Crippen molar-refractivity contribution in [3.63, 3.8) is 0 Å². The van der Waals surface area contributed by atoms with Crippen molar-refractivity contribution in [2.75, 3.05) is 14.1 Å². The fraction of sp³-hybridized carbons (Fsp3) is 0.235. The Balaban J connectivity index is 0.00000312. The summed E-state index contributed by atoms with van der Waals surface area (Å²) >= 11 is 0. The summed E-state index contributed by atoms with van der Waals surface area (Å²) in [5, 5.41) is 6.44. The van der Waals surface area contributed by atoms with Gasteiger partial charge in [-0.15, -0.1) is 24.0 Å². The van der Waals surface area contributed by atoms with Crippen LogP contribution in [0.15, 0.2) is 64.5 Å². The van der Waals surface area contributed by atoms with Crippen LogP contribution >= 0.6 is 24.0 Å². The summed E-state index contributed by atoms with van der Waals surface area (Å²) < 4.78 is 25.7. The van der Waals surface area contributed by atoms with E-state index in [2.05, 4.69) is 20.3 Å². The summed E-state index contributed by atoms with van der Waals surface area (Å²) in [6.07, 6.45) is 0. The lowest BCUT2D eigenvalue weighted by molar-refractivity contribution is 0.588. The van der Waals surface area contributed by atoms with E-state index in [0.717, 1.165) is 5.56 Å². The fourth-order valence-corrected chi connectivity index (χ4v) is 2.82. The number of rotatable bonds is 6. The second-order valence-corrected chi connectivity index (χ2v) is 7.00. The van der Waals surface area contributed by atoms with Gasteiger partial charge in [0.2, 0.25) is 10.0 Å². The molecule has 2 aromatic rings. The number of hydrogen-bond acceptors (Lipinski definition) is 3. The van der Waals surface area contributed by atoms with Crippen LogP contribution in [0.3, 0.4) is 0 Å². The lowest BCUT2D eigenvalue weighted by Crippen LogP contribution is -2.36. The third-order valence-electron chi connectivity index (χ3n) is 3.49. The first-order valence-electron chi connectivity index (χ1n) is 7.56. The maximum Gasteiger partial charge on any atom is 0.240 e. The molecule has 6 nitrogen and oxygen atoms in total. The summed E-state index contributed by atoms with van der Waals surface area (Å²) in [4.78, 5) is 4.43. The van der Waals surface area contributed by atoms with Crippen LogP contribution in [-0.2, 0) is 23.1 Å². The van der Waals surface area contributed by atoms with Crippen LogP contribution in [0.4, 0.5) is 0 Å². The van der Waals surface area contributed by atoms with Gasteiger partial charge in [-0.05, 0) is 30.3 Å². The van der Waals surface area contributed by atoms with E-state index >= 15 is 0 Å². The second-order valence-electron chi connectivity index (χ2n) is 5.12. The van der Waals surface area contributed by atoms with E-state index < -0.39 is 10.0 Å². The van der Waals surface area contributed by atoms with Crippen molar-refractivity contribution < 1.29 is 8.42 Å². The quantitative estimate of drug-likeness (QED) is 0.340. The molecule has 0 saturated heterocycles. The molecule has 2 rings (SSSR count). The molecule has 25 heavy (non-hydrogen) atoms. The third-order valence-corrected chi connectivity index (χ3v) is 4.92. The van der Waals surface area contributed by atoms with Gasteiger partial charge in [-0.2, -0.15) is 0 Å². The van der Waals surface area contributed by atoms with Gasteiger partial charge in [-0.25, -0.2) is 13.1 Å². The molecule has 0 heterocycles. The molecular formula is C17H23IN4O2S. The Morgan fingerprint density at radius 3 is 1.92 bits per heavy atom. The smallest absolute Gasteiger partial charge is 0.240 e. The van der Waals surface area contributed by atoms with Crippen LogP contribution in [0, 0.1) is 0 Å². The number of nitrogens with zero attached hydrogens (tertiary/aromatic N) is 1. The maximum atomic E-state index is 11.7. The molecule has 3 N–H and O–H groups in total. The number of benzene rings is 2. The number of nitrogens with one attached hydrogen (secondary N) is 3. The number of halogens is 1. The highest BCUT2D eigenvalue weighted by atomic mass is 127. The van der Waals surface area contributed by atoms with Crippen molar-refractivity contribution in [3.05, 3.63) is 65.7 Å². The molecule has 0 saturated carbocycles. The summed E-state index contributed by atoms with van der Waals surface area (Å²) in [6.45, 7) is 1.23. The molecule has 0 amide bonds. The fourth-order valence-electron chi connectivity index (χ4n) is 2.09. The standard InChI is InChI=1S/C17H22N4O2S.HI/c1-18-17(20-12-14-6-4-3-5-7-14)21-13-15-8-10-16(11-9-15)24(22,23)19-2;/h3-11,19H,12-13H2,1-2H3,(H2,18,20,21);1H. The molecule has 0 unspecified atom stereocenters. The molecule has 0 bridgehead atoms. The van der Waals surface area contributed by atoms with Crippen molar-refractivity contribution in [1.29, 1.82) is 0 Å². The average Bonchev–Trinajstić information content (AvgIpc) is 2.63. The van der Waals surface area contributed by atoms with E-state index in [4.69, 9.17) is 0 Å². The third kappa shape index (κ3) is 6.63. The summed E-state index contributed by atoms with van der Waals surface area (Å²) in [5.41, 5.74) is 2.13. The zero-order valence-electron chi connectivity index (χ0n) is 14.2. The van der Waals surface area contributed by atoms with Crippen molar-refractivity contribution in [1.82, 2.24) is 15.4 Å². The summed E-state index contributed by atoms with van der Waals surface area (Å²) in [5.74, 6) is 0.686. The highest BCUT2D eigenvalue weighted by molar-refractivity contribution is 14.0. The van der Waals surface area contributed by atoms with E-state index in [1.54, 1.807) is 31.3 Å². The van der Waals surface area contributed by atoms with Gasteiger partial charge in [0.15, 0.2) is 5.96 Å². The molecule has 0 radical (unpaired) electrons. The van der Waals surface area contributed by atoms with Crippen LogP contribution in [-0.4, -0.2) is 28.5 Å². The van der Waals surface area contributed by atoms with E-state index in [9.17, 15) is 8.42 Å². The van der Waals surface area contributed by atoms with Gasteiger partial charge in [0.1, 0.15) is 0 Å². The highest BCUT2D eigenvalue weighted by Gasteiger charge is 2.10. The van der Waals surface area contributed by atoms with E-state index in [0.29, 0.717) is 19.0 Å². The molecule has 0 aliphatic rings. The molecule has 0 fully saturated rings. The topological polar surface area (TPSA) is 82.6 Å². The highest BCUT2D eigenvalue weighted by Crippen LogP contribution is 2.09. The molecule has 0 spiro atoms. The summed E-state index contributed by atoms with van der Waals surface area (Å²) in [7, 11) is -0.289. The van der Waals surface area contributed by atoms with Crippen molar-refractivity contribution in [3.8, 4) is 0 Å². The molecular weight excluding hydrogens is 451 g/mol. The van der Waals surface area contributed by atoms with Crippen LogP contribution in [0.5, 0.6) is 0 Å². The Kier molecular flexibility index (Phi) is 8.87. The van der Waals surface area contributed by atoms with Crippen molar-refractivity contribution in [2.45, 2.75) is 18.0 Å². The van der Waals surface area contributed by atoms with Crippen molar-refractivity contribution in [2.24, 2.45) is 4.99 Å². The first-order chi connectivity index (χ1) is 11.5. The lowest BCUT2D eigenvalue weighted by Gasteiger charge is -2.12. The lowest BCUT2D eigenvalue weighted by atomic mass is 10.2. The second kappa shape index (κ2) is 10.4. The Morgan fingerprint density at radius 2 is 1.44 bits per heavy atom. The Bertz CT molecular complexity index is 778. The number of sulfonamides is 1. The van der Waals surface area contributed by atoms with Crippen LogP contribution in [0.25, 0.3) is 0 Å². The van der Waals surface area contributed by atoms with Crippen LogP contribution in [0.2, 0.25) is 0 Å². The van der Waals surface area contributed by atoms with Crippen LogP contribution in [0.1, 0.15) is 11.1 Å². The Labute approximate surface area is 166 Å². The van der Waals surface area contributed by atoms with Crippen LogP contribution < -0.4 is 15.4 Å². The zero-order chi connectivity index (χ0) is 17.4. The Morgan fingerprint density at radius 1 is 0.920 bits per heavy atom. The van der Waals surface area contributed by atoms with Gasteiger partial charge < -0.3 is 10.6 Å². The monoisotopic (exact) mass is 474 g/mol. The molecule has 8 heteroatoms. The van der Waals surface area contributed by atoms with Gasteiger partial charge in [-0.1, -0.05) is 42.5 Å². The zero-order valence-corrected chi connectivity index (χ0v) is 17.3. The minimum Gasteiger partial charge on any atom is -0.352 e. The predicted molar refractivity (Wildman–Crippen MR) is 112 cm³/mol. The van der Waals surface area contributed by atoms with E-state index in [1.807, 2.05) is 30.3 Å². The van der Waals surface area contributed by atoms with Gasteiger partial charge in [-0.3, -0.25) is 4.99 Å². The molecule has 0 aromatic heterocycles. The molecule has 136 valence electrons. The molecule has 0 aliphatic carbocycles. The largest absolute Gasteiger partial charge is 0.352 e. The number of guanidine groups is 1. The minimum atomic E-state index is -3.40. The number of aliphatic imine (C=N–C) groups is 1. The molecule has 0 aliphatic heterocycles. The summed E-state index contributed by atoms with van der Waals surface area (Å²) in [6, 6.07) is 16.8.